The lowest BCUT2D eigenvalue weighted by atomic mass is 10.0. The number of aryl methyl sites for hydroxylation is 2. The van der Waals surface area contributed by atoms with Crippen LogP contribution in [0.15, 0.2) is 24.5 Å². The van der Waals surface area contributed by atoms with Gasteiger partial charge in [-0.2, -0.15) is 0 Å². The first kappa shape index (κ1) is 24.9. The maximum atomic E-state index is 13.2. The second-order valence-corrected chi connectivity index (χ2v) is 10.1. The standard InChI is InChI=1S/C25H31Cl2N5O2/c1-16-22(4-2-3-17-5-6-20(26)21(27)13-17)29-15-30-23(16)25(34)31-11-8-19(9-12-31)32-10-7-18(14-32)24(28)33/h5-6,13,15,18-19H,2-4,7-12,14H2,1H3,(H2,28,33)/t18-/m1/s1. The maximum Gasteiger partial charge on any atom is 0.272 e. The van der Waals surface area contributed by atoms with Gasteiger partial charge in [0.25, 0.3) is 5.91 Å². The van der Waals surface area contributed by atoms with E-state index < -0.39 is 0 Å². The average molecular weight is 504 g/mol. The Kier molecular flexibility index (Phi) is 8.06. The third kappa shape index (κ3) is 5.70. The van der Waals surface area contributed by atoms with Crippen LogP contribution in [-0.2, 0) is 17.6 Å². The van der Waals surface area contributed by atoms with Gasteiger partial charge >= 0.3 is 0 Å². The fraction of sp³-hybridized carbons (Fsp3) is 0.520. The molecule has 1 aromatic carbocycles. The number of hydrogen-bond donors (Lipinski definition) is 1. The Morgan fingerprint density at radius 3 is 2.50 bits per heavy atom. The molecule has 2 amide bonds. The van der Waals surface area contributed by atoms with Crippen molar-refractivity contribution in [1.82, 2.24) is 19.8 Å². The first-order chi connectivity index (χ1) is 16.3. The Bertz CT molecular complexity index is 1060. The van der Waals surface area contributed by atoms with Crippen molar-refractivity contribution < 1.29 is 9.59 Å². The van der Waals surface area contributed by atoms with E-state index in [1.165, 1.54) is 6.33 Å². The van der Waals surface area contributed by atoms with E-state index in [0.717, 1.165) is 68.4 Å². The summed E-state index contributed by atoms with van der Waals surface area (Å²) in [5.74, 6) is -0.277. The number of nitrogens with zero attached hydrogens (tertiary/aromatic N) is 4. The summed E-state index contributed by atoms with van der Waals surface area (Å²) in [5.41, 5.74) is 8.85. The number of primary amides is 1. The number of halogens is 2. The van der Waals surface area contributed by atoms with Gasteiger partial charge in [-0.3, -0.25) is 14.5 Å². The number of rotatable bonds is 7. The molecule has 2 aliphatic rings. The number of amides is 2. The molecule has 0 saturated carbocycles. The second kappa shape index (κ2) is 11.0. The Morgan fingerprint density at radius 2 is 1.82 bits per heavy atom. The molecule has 1 atom stereocenters. The van der Waals surface area contributed by atoms with E-state index >= 15 is 0 Å². The molecule has 4 rings (SSSR count). The van der Waals surface area contributed by atoms with Gasteiger partial charge in [-0.15, -0.1) is 0 Å². The minimum atomic E-state index is -0.206. The van der Waals surface area contributed by atoms with Gasteiger partial charge in [0.1, 0.15) is 12.0 Å². The van der Waals surface area contributed by atoms with E-state index in [2.05, 4.69) is 14.9 Å². The Labute approximate surface area is 210 Å². The number of carbonyl (C=O) groups excluding carboxylic acids is 2. The number of piperidine rings is 1. The largest absolute Gasteiger partial charge is 0.369 e. The van der Waals surface area contributed by atoms with E-state index in [1.807, 2.05) is 30.0 Å². The molecule has 0 bridgehead atoms. The van der Waals surface area contributed by atoms with Gasteiger partial charge in [-0.1, -0.05) is 29.3 Å². The van der Waals surface area contributed by atoms with Crippen LogP contribution in [0.2, 0.25) is 10.0 Å². The minimum Gasteiger partial charge on any atom is -0.369 e. The number of benzene rings is 1. The number of nitrogens with two attached hydrogens (primary N) is 1. The Balaban J connectivity index is 1.32. The summed E-state index contributed by atoms with van der Waals surface area (Å²) in [4.78, 5) is 37.7. The van der Waals surface area contributed by atoms with Crippen molar-refractivity contribution in [3.05, 3.63) is 57.1 Å². The molecule has 0 unspecified atom stereocenters. The van der Waals surface area contributed by atoms with Crippen LogP contribution in [0, 0.1) is 12.8 Å². The third-order valence-corrected chi connectivity index (χ3v) is 7.88. The summed E-state index contributed by atoms with van der Waals surface area (Å²) in [7, 11) is 0. The van der Waals surface area contributed by atoms with E-state index in [-0.39, 0.29) is 17.7 Å². The van der Waals surface area contributed by atoms with Crippen LogP contribution in [0.4, 0.5) is 0 Å². The molecule has 2 aliphatic heterocycles. The summed E-state index contributed by atoms with van der Waals surface area (Å²) in [5, 5.41) is 1.12. The highest BCUT2D eigenvalue weighted by Crippen LogP contribution is 2.26. The number of carbonyl (C=O) groups is 2. The first-order valence-electron chi connectivity index (χ1n) is 11.9. The highest BCUT2D eigenvalue weighted by atomic mass is 35.5. The fourth-order valence-electron chi connectivity index (χ4n) is 5.04. The highest BCUT2D eigenvalue weighted by molar-refractivity contribution is 6.42. The first-order valence-corrected chi connectivity index (χ1v) is 12.7. The smallest absolute Gasteiger partial charge is 0.272 e. The van der Waals surface area contributed by atoms with Crippen molar-refractivity contribution in [1.29, 1.82) is 0 Å². The van der Waals surface area contributed by atoms with Crippen LogP contribution >= 0.6 is 23.2 Å². The number of aromatic nitrogens is 2. The topological polar surface area (TPSA) is 92.4 Å². The van der Waals surface area contributed by atoms with Crippen LogP contribution in [0.3, 0.4) is 0 Å². The molecule has 2 saturated heterocycles. The van der Waals surface area contributed by atoms with Crippen molar-refractivity contribution in [2.24, 2.45) is 11.7 Å². The van der Waals surface area contributed by atoms with Crippen molar-refractivity contribution >= 4 is 35.0 Å². The van der Waals surface area contributed by atoms with E-state index in [1.54, 1.807) is 0 Å². The van der Waals surface area contributed by atoms with Gasteiger partial charge in [0, 0.05) is 36.9 Å². The Morgan fingerprint density at radius 1 is 1.06 bits per heavy atom. The average Bonchev–Trinajstić information content (AvgIpc) is 3.33. The molecule has 9 heteroatoms. The molecule has 182 valence electrons. The van der Waals surface area contributed by atoms with E-state index in [4.69, 9.17) is 28.9 Å². The predicted octanol–water partition coefficient (Wildman–Crippen LogP) is 3.68. The van der Waals surface area contributed by atoms with E-state index in [0.29, 0.717) is 34.9 Å². The molecule has 0 aliphatic carbocycles. The van der Waals surface area contributed by atoms with Crippen LogP contribution in [0.5, 0.6) is 0 Å². The normalized spacial score (nSPS) is 19.5. The van der Waals surface area contributed by atoms with Crippen molar-refractivity contribution in [2.45, 2.75) is 51.5 Å². The molecule has 2 aromatic rings. The van der Waals surface area contributed by atoms with Crippen LogP contribution < -0.4 is 5.73 Å². The van der Waals surface area contributed by atoms with Gasteiger partial charge in [-0.25, -0.2) is 9.97 Å². The Hall–Kier alpha value is -2.22. The van der Waals surface area contributed by atoms with Gasteiger partial charge in [-0.05, 0) is 69.7 Å². The van der Waals surface area contributed by atoms with Gasteiger partial charge in [0.15, 0.2) is 0 Å². The molecule has 2 N–H and O–H groups in total. The summed E-state index contributed by atoms with van der Waals surface area (Å²) in [6.45, 7) is 4.96. The summed E-state index contributed by atoms with van der Waals surface area (Å²) >= 11 is 12.1. The molecule has 3 heterocycles. The third-order valence-electron chi connectivity index (χ3n) is 7.14. The van der Waals surface area contributed by atoms with Crippen LogP contribution in [0.25, 0.3) is 0 Å². The zero-order valence-electron chi connectivity index (χ0n) is 19.5. The summed E-state index contributed by atoms with van der Waals surface area (Å²) < 4.78 is 0. The molecular formula is C25H31Cl2N5O2. The highest BCUT2D eigenvalue weighted by Gasteiger charge is 2.34. The molecular weight excluding hydrogens is 473 g/mol. The fourth-order valence-corrected chi connectivity index (χ4v) is 5.37. The molecule has 34 heavy (non-hydrogen) atoms. The van der Waals surface area contributed by atoms with Crippen molar-refractivity contribution in [3.8, 4) is 0 Å². The molecule has 2 fully saturated rings. The number of likely N-dealkylation sites (tertiary alicyclic amines) is 2. The van der Waals surface area contributed by atoms with Gasteiger partial charge < -0.3 is 10.6 Å². The van der Waals surface area contributed by atoms with Crippen LogP contribution in [-0.4, -0.2) is 63.8 Å². The summed E-state index contributed by atoms with van der Waals surface area (Å²) in [6.07, 6.45) is 6.63. The van der Waals surface area contributed by atoms with Gasteiger partial charge in [0.2, 0.25) is 5.91 Å². The van der Waals surface area contributed by atoms with Crippen LogP contribution in [0.1, 0.15) is 53.0 Å². The number of hydrogen-bond acceptors (Lipinski definition) is 5. The lowest BCUT2D eigenvalue weighted by molar-refractivity contribution is -0.121. The van der Waals surface area contributed by atoms with Gasteiger partial charge in [0.05, 0.1) is 16.0 Å². The maximum absolute atomic E-state index is 13.2. The van der Waals surface area contributed by atoms with Crippen molar-refractivity contribution in [3.63, 3.8) is 0 Å². The van der Waals surface area contributed by atoms with Crippen molar-refractivity contribution in [2.75, 3.05) is 26.2 Å². The lowest BCUT2D eigenvalue weighted by Crippen LogP contribution is -2.46. The lowest BCUT2D eigenvalue weighted by Gasteiger charge is -2.36. The zero-order valence-corrected chi connectivity index (χ0v) is 21.0. The quantitative estimate of drug-likeness (QED) is 0.621. The van der Waals surface area contributed by atoms with E-state index in [9.17, 15) is 9.59 Å². The SMILES string of the molecule is Cc1c(CCCc2ccc(Cl)c(Cl)c2)ncnc1C(=O)N1CCC(N2CC[C@@H](C(N)=O)C2)CC1. The molecule has 1 aromatic heterocycles. The minimum absolute atomic E-state index is 0.0273. The molecule has 7 nitrogen and oxygen atoms in total. The molecule has 0 spiro atoms. The summed E-state index contributed by atoms with van der Waals surface area (Å²) in [6, 6.07) is 6.09. The molecule has 0 radical (unpaired) electrons. The predicted molar refractivity (Wildman–Crippen MR) is 133 cm³/mol. The monoisotopic (exact) mass is 503 g/mol. The zero-order chi connectivity index (χ0) is 24.2. The second-order valence-electron chi connectivity index (χ2n) is 9.30.